The topological polar surface area (TPSA) is 83.5 Å². The van der Waals surface area contributed by atoms with Gasteiger partial charge >= 0.3 is 5.97 Å². The summed E-state index contributed by atoms with van der Waals surface area (Å²) in [4.78, 5) is 11.2. The van der Waals surface area contributed by atoms with Gasteiger partial charge in [0.05, 0.1) is 6.42 Å². The molecule has 0 aliphatic heterocycles. The first-order valence-corrected chi connectivity index (χ1v) is 9.01. The number of carboxylic acid groups (broad SMARTS) is 1. The summed E-state index contributed by atoms with van der Waals surface area (Å²) in [5.74, 6) is -0.245. The number of thiophene rings is 1. The van der Waals surface area contributed by atoms with Crippen LogP contribution >= 0.6 is 11.3 Å². The first-order valence-electron chi connectivity index (χ1n) is 6.71. The summed E-state index contributed by atoms with van der Waals surface area (Å²) >= 11 is 1.03. The number of rotatable bonds is 7. The molecule has 2 aliphatic carbocycles. The number of nitrogens with one attached hydrogen (secondary N) is 1. The van der Waals surface area contributed by atoms with Gasteiger partial charge in [0.1, 0.15) is 4.21 Å². The smallest absolute Gasteiger partial charge is 0.308 e. The first-order chi connectivity index (χ1) is 9.41. The van der Waals surface area contributed by atoms with Crippen LogP contribution in [0.4, 0.5) is 0 Å². The molecule has 0 atom stereocenters. The number of carboxylic acids is 1. The predicted octanol–water partition coefficient (Wildman–Crippen LogP) is 1.84. The SMILES string of the molecule is O=C(O)Cc1ccc(S(=O)(=O)NCC2(C3CC3)CC2)s1. The Bertz CT molecular complexity index is 627. The van der Waals surface area contributed by atoms with E-state index in [1.165, 1.54) is 18.9 Å². The zero-order chi connectivity index (χ0) is 14.4. The summed E-state index contributed by atoms with van der Waals surface area (Å²) in [6.45, 7) is 0.520. The molecule has 110 valence electrons. The van der Waals surface area contributed by atoms with Crippen molar-refractivity contribution in [2.75, 3.05) is 6.54 Å². The molecule has 0 aromatic carbocycles. The highest BCUT2D eigenvalue weighted by Gasteiger charge is 2.53. The number of sulfonamides is 1. The van der Waals surface area contributed by atoms with E-state index in [2.05, 4.69) is 4.72 Å². The Kier molecular flexibility index (Phi) is 3.38. The molecule has 1 heterocycles. The molecule has 2 N–H and O–H groups in total. The van der Waals surface area contributed by atoms with E-state index < -0.39 is 16.0 Å². The van der Waals surface area contributed by atoms with Crippen LogP contribution < -0.4 is 4.72 Å². The molecule has 20 heavy (non-hydrogen) atoms. The highest BCUT2D eigenvalue weighted by molar-refractivity contribution is 7.91. The molecule has 1 aromatic heterocycles. The van der Waals surface area contributed by atoms with E-state index in [0.29, 0.717) is 17.3 Å². The second kappa shape index (κ2) is 4.82. The lowest BCUT2D eigenvalue weighted by atomic mass is 10.0. The van der Waals surface area contributed by atoms with Gasteiger partial charge in [-0.2, -0.15) is 0 Å². The Morgan fingerprint density at radius 2 is 2.10 bits per heavy atom. The van der Waals surface area contributed by atoms with Gasteiger partial charge in [0, 0.05) is 11.4 Å². The molecular formula is C13H17NO4S2. The van der Waals surface area contributed by atoms with E-state index in [4.69, 9.17) is 5.11 Å². The molecule has 5 nitrogen and oxygen atoms in total. The third-order valence-electron chi connectivity index (χ3n) is 4.18. The minimum atomic E-state index is -3.50. The minimum Gasteiger partial charge on any atom is -0.481 e. The van der Waals surface area contributed by atoms with Crippen molar-refractivity contribution < 1.29 is 18.3 Å². The lowest BCUT2D eigenvalue weighted by Gasteiger charge is -2.14. The van der Waals surface area contributed by atoms with Crippen molar-refractivity contribution in [2.45, 2.75) is 36.3 Å². The van der Waals surface area contributed by atoms with Gasteiger partial charge in [-0.15, -0.1) is 11.3 Å². The predicted molar refractivity (Wildman–Crippen MR) is 75.2 cm³/mol. The fraction of sp³-hybridized carbons (Fsp3) is 0.615. The van der Waals surface area contributed by atoms with Crippen molar-refractivity contribution in [1.29, 1.82) is 0 Å². The lowest BCUT2D eigenvalue weighted by molar-refractivity contribution is -0.136. The highest BCUT2D eigenvalue weighted by atomic mass is 32.2. The Morgan fingerprint density at radius 1 is 1.40 bits per heavy atom. The lowest BCUT2D eigenvalue weighted by Crippen LogP contribution is -2.30. The van der Waals surface area contributed by atoms with Gasteiger partial charge < -0.3 is 5.11 Å². The van der Waals surface area contributed by atoms with Gasteiger partial charge in [-0.25, -0.2) is 13.1 Å². The quantitative estimate of drug-likeness (QED) is 0.804. The van der Waals surface area contributed by atoms with Gasteiger partial charge in [0.25, 0.3) is 0 Å². The molecule has 7 heteroatoms. The summed E-state index contributed by atoms with van der Waals surface area (Å²) in [7, 11) is -3.50. The minimum absolute atomic E-state index is 0.133. The number of hydrogen-bond acceptors (Lipinski definition) is 4. The third-order valence-corrected chi connectivity index (χ3v) is 7.16. The zero-order valence-electron chi connectivity index (χ0n) is 11.0. The van der Waals surface area contributed by atoms with Crippen molar-refractivity contribution >= 4 is 27.3 Å². The average Bonchev–Trinajstić information content (AvgIpc) is 3.25. The fourth-order valence-corrected chi connectivity index (χ4v) is 5.17. The highest BCUT2D eigenvalue weighted by Crippen LogP contribution is 2.60. The zero-order valence-corrected chi connectivity index (χ0v) is 12.6. The van der Waals surface area contributed by atoms with Crippen LogP contribution in [0.5, 0.6) is 0 Å². The van der Waals surface area contributed by atoms with Crippen LogP contribution in [0.1, 0.15) is 30.6 Å². The Morgan fingerprint density at radius 3 is 2.65 bits per heavy atom. The van der Waals surface area contributed by atoms with Crippen molar-refractivity contribution in [3.63, 3.8) is 0 Å². The van der Waals surface area contributed by atoms with E-state index in [1.807, 2.05) is 0 Å². The summed E-state index contributed by atoms with van der Waals surface area (Å²) < 4.78 is 27.3. The maximum Gasteiger partial charge on any atom is 0.308 e. The molecule has 0 saturated heterocycles. The monoisotopic (exact) mass is 315 g/mol. The van der Waals surface area contributed by atoms with E-state index in [9.17, 15) is 13.2 Å². The van der Waals surface area contributed by atoms with E-state index >= 15 is 0 Å². The van der Waals surface area contributed by atoms with Crippen molar-refractivity contribution in [2.24, 2.45) is 11.3 Å². The standard InChI is InChI=1S/C13H17NO4S2/c15-11(16)7-10-3-4-12(19-10)20(17,18)14-8-13(5-6-13)9-1-2-9/h3-4,9,14H,1-2,5-8H2,(H,15,16). The van der Waals surface area contributed by atoms with E-state index in [0.717, 1.165) is 24.2 Å². The van der Waals surface area contributed by atoms with E-state index in [-0.39, 0.29) is 16.0 Å². The van der Waals surface area contributed by atoms with Crippen LogP contribution in [-0.4, -0.2) is 26.0 Å². The second-order valence-electron chi connectivity index (χ2n) is 5.75. The van der Waals surface area contributed by atoms with Crippen LogP contribution in [0.25, 0.3) is 0 Å². The molecule has 0 spiro atoms. The molecule has 3 rings (SSSR count). The number of carbonyl (C=O) groups is 1. The van der Waals surface area contributed by atoms with Gasteiger partial charge in [-0.05, 0) is 49.1 Å². The van der Waals surface area contributed by atoms with Crippen molar-refractivity contribution in [1.82, 2.24) is 4.72 Å². The first kappa shape index (κ1) is 14.0. The Labute approximate surface area is 122 Å². The number of hydrogen-bond donors (Lipinski definition) is 2. The third kappa shape index (κ3) is 2.89. The van der Waals surface area contributed by atoms with Crippen LogP contribution in [0.2, 0.25) is 0 Å². The number of aliphatic carboxylic acids is 1. The van der Waals surface area contributed by atoms with Crippen LogP contribution in [-0.2, 0) is 21.2 Å². The molecule has 1 aromatic rings. The summed E-state index contributed by atoms with van der Waals surface area (Å²) in [6, 6.07) is 3.06. The van der Waals surface area contributed by atoms with Crippen molar-refractivity contribution in [3.05, 3.63) is 17.0 Å². The normalized spacial score (nSPS) is 20.8. The second-order valence-corrected chi connectivity index (χ2v) is 8.91. The van der Waals surface area contributed by atoms with Gasteiger partial charge in [0.15, 0.2) is 0 Å². The Balaban J connectivity index is 1.65. The largest absolute Gasteiger partial charge is 0.481 e. The molecule has 0 radical (unpaired) electrons. The molecule has 2 fully saturated rings. The van der Waals surface area contributed by atoms with Gasteiger partial charge in [-0.1, -0.05) is 0 Å². The average molecular weight is 315 g/mol. The fourth-order valence-electron chi connectivity index (χ4n) is 2.64. The Hall–Kier alpha value is -0.920. The van der Waals surface area contributed by atoms with Gasteiger partial charge in [0.2, 0.25) is 10.0 Å². The molecular weight excluding hydrogens is 298 g/mol. The van der Waals surface area contributed by atoms with E-state index in [1.54, 1.807) is 6.07 Å². The molecule has 2 aliphatic rings. The summed E-state index contributed by atoms with van der Waals surface area (Å²) in [5.41, 5.74) is 0.216. The summed E-state index contributed by atoms with van der Waals surface area (Å²) in [5, 5.41) is 8.71. The molecule has 0 bridgehead atoms. The molecule has 0 unspecified atom stereocenters. The van der Waals surface area contributed by atoms with Crippen LogP contribution in [0.3, 0.4) is 0 Å². The van der Waals surface area contributed by atoms with Crippen LogP contribution in [0, 0.1) is 11.3 Å². The maximum atomic E-state index is 12.2. The molecule has 2 saturated carbocycles. The summed E-state index contributed by atoms with van der Waals surface area (Å²) in [6.07, 6.45) is 4.56. The maximum absolute atomic E-state index is 12.2. The molecule has 0 amide bonds. The van der Waals surface area contributed by atoms with Gasteiger partial charge in [-0.3, -0.25) is 4.79 Å². The van der Waals surface area contributed by atoms with Crippen molar-refractivity contribution in [3.8, 4) is 0 Å². The van der Waals surface area contributed by atoms with Crippen LogP contribution in [0.15, 0.2) is 16.3 Å².